The zero-order valence-electron chi connectivity index (χ0n) is 14.3. The van der Waals surface area contributed by atoms with Crippen molar-refractivity contribution in [1.29, 1.82) is 0 Å². The molecule has 26 heavy (non-hydrogen) atoms. The molecule has 1 aromatic rings. The Balaban J connectivity index is 0.000000412. The van der Waals surface area contributed by atoms with E-state index in [4.69, 9.17) is 14.4 Å². The number of aliphatic carboxylic acids is 2. The maximum Gasteiger partial charge on any atom is 0.490 e. The van der Waals surface area contributed by atoms with Gasteiger partial charge in [0.1, 0.15) is 0 Å². The Morgan fingerprint density at radius 1 is 1.31 bits per heavy atom. The van der Waals surface area contributed by atoms with E-state index in [2.05, 4.69) is 24.3 Å². The van der Waals surface area contributed by atoms with Gasteiger partial charge in [0.15, 0.2) is 5.76 Å². The zero-order valence-corrected chi connectivity index (χ0v) is 14.3. The minimum atomic E-state index is -5.08. The summed E-state index contributed by atoms with van der Waals surface area (Å²) in [4.78, 5) is 20.1. The molecule has 2 atom stereocenters. The average molecular weight is 378 g/mol. The van der Waals surface area contributed by atoms with Gasteiger partial charge in [-0.15, -0.1) is 0 Å². The highest BCUT2D eigenvalue weighted by Gasteiger charge is 2.38. The molecule has 1 aliphatic rings. The van der Waals surface area contributed by atoms with Crippen LogP contribution in [-0.4, -0.2) is 39.5 Å². The van der Waals surface area contributed by atoms with Crippen molar-refractivity contribution in [3.8, 4) is 0 Å². The maximum absolute atomic E-state index is 11.2. The normalized spacial score (nSPS) is 19.8. The Hall–Kier alpha value is -2.36. The van der Waals surface area contributed by atoms with Gasteiger partial charge in [-0.25, -0.2) is 4.79 Å². The second kappa shape index (κ2) is 9.37. The predicted octanol–water partition coefficient (Wildman–Crippen LogP) is 2.94. The molecule has 0 aliphatic heterocycles. The maximum atomic E-state index is 11.2. The van der Waals surface area contributed by atoms with Crippen LogP contribution < -0.4 is 5.32 Å². The van der Waals surface area contributed by atoms with E-state index in [-0.39, 0.29) is 12.0 Å². The van der Waals surface area contributed by atoms with Crippen LogP contribution >= 0.6 is 0 Å². The third-order valence-electron chi connectivity index (χ3n) is 3.70. The largest absolute Gasteiger partial charge is 0.490 e. The summed E-state index contributed by atoms with van der Waals surface area (Å²) in [5.41, 5.74) is 0.926. The third kappa shape index (κ3) is 6.87. The Morgan fingerprint density at radius 3 is 2.35 bits per heavy atom. The lowest BCUT2D eigenvalue weighted by Crippen LogP contribution is -2.40. The summed E-state index contributed by atoms with van der Waals surface area (Å²) in [6.45, 7) is 4.63. The summed E-state index contributed by atoms with van der Waals surface area (Å²) >= 11 is 0. The summed E-state index contributed by atoms with van der Waals surface area (Å²) in [6, 6.07) is 1.88. The molecular formula is C16H21F3N2O5. The smallest absolute Gasteiger partial charge is 0.481 e. The number of allylic oxidation sites excluding steroid dienone is 1. The van der Waals surface area contributed by atoms with Gasteiger partial charge >= 0.3 is 18.1 Å². The predicted molar refractivity (Wildman–Crippen MR) is 84.4 cm³/mol. The number of nitrogens with zero attached hydrogens (tertiary/aromatic N) is 1. The summed E-state index contributed by atoms with van der Waals surface area (Å²) < 4.78 is 37.0. The Morgan fingerprint density at radius 2 is 1.88 bits per heavy atom. The Kier molecular flexibility index (Phi) is 7.81. The molecule has 0 saturated heterocycles. The first-order chi connectivity index (χ1) is 12.0. The SMILES string of the molecule is CC(C)c1cc(CN[C@@H]2CC=CC[C@@H]2C(=O)O)on1.O=C(O)C(F)(F)F. The van der Waals surface area contributed by atoms with E-state index in [9.17, 15) is 23.1 Å². The molecule has 146 valence electrons. The van der Waals surface area contributed by atoms with E-state index >= 15 is 0 Å². The first kappa shape index (κ1) is 21.7. The van der Waals surface area contributed by atoms with Crippen LogP contribution in [0, 0.1) is 5.92 Å². The number of carboxylic acids is 2. The van der Waals surface area contributed by atoms with Gasteiger partial charge in [-0.1, -0.05) is 31.2 Å². The van der Waals surface area contributed by atoms with Crippen molar-refractivity contribution in [1.82, 2.24) is 10.5 Å². The van der Waals surface area contributed by atoms with Gasteiger partial charge < -0.3 is 20.1 Å². The molecule has 1 heterocycles. The molecule has 3 N–H and O–H groups in total. The molecule has 0 radical (unpaired) electrons. The van der Waals surface area contributed by atoms with Crippen molar-refractivity contribution in [2.24, 2.45) is 5.92 Å². The van der Waals surface area contributed by atoms with Gasteiger partial charge in [0.2, 0.25) is 0 Å². The minimum absolute atomic E-state index is 0.0462. The molecule has 1 aromatic heterocycles. The van der Waals surface area contributed by atoms with Gasteiger partial charge in [0.25, 0.3) is 0 Å². The molecule has 7 nitrogen and oxygen atoms in total. The van der Waals surface area contributed by atoms with Crippen LogP contribution in [-0.2, 0) is 16.1 Å². The van der Waals surface area contributed by atoms with Gasteiger partial charge in [-0.3, -0.25) is 4.79 Å². The molecule has 0 aromatic carbocycles. The van der Waals surface area contributed by atoms with Crippen molar-refractivity contribution < 1.29 is 37.5 Å². The van der Waals surface area contributed by atoms with Crippen LogP contribution in [0.1, 0.15) is 44.1 Å². The molecule has 0 spiro atoms. The molecule has 0 bridgehead atoms. The third-order valence-corrected chi connectivity index (χ3v) is 3.70. The second-order valence-electron chi connectivity index (χ2n) is 6.05. The van der Waals surface area contributed by atoms with E-state index in [1.54, 1.807) is 0 Å². The molecule has 0 fully saturated rings. The highest BCUT2D eigenvalue weighted by Crippen LogP contribution is 2.20. The number of halogens is 3. The van der Waals surface area contributed by atoms with Crippen molar-refractivity contribution in [2.45, 2.75) is 51.4 Å². The molecule has 0 unspecified atom stereocenters. The number of nitrogens with one attached hydrogen (secondary N) is 1. The molecule has 2 rings (SSSR count). The first-order valence-electron chi connectivity index (χ1n) is 7.89. The number of alkyl halides is 3. The number of rotatable bonds is 5. The number of carboxylic acid groups (broad SMARTS) is 2. The monoisotopic (exact) mass is 378 g/mol. The van der Waals surface area contributed by atoms with Crippen molar-refractivity contribution >= 4 is 11.9 Å². The van der Waals surface area contributed by atoms with Crippen LogP contribution in [0.15, 0.2) is 22.7 Å². The second-order valence-corrected chi connectivity index (χ2v) is 6.05. The lowest BCUT2D eigenvalue weighted by atomic mass is 9.89. The standard InChI is InChI=1S/C14H20N2O3.C2HF3O2/c1-9(2)13-7-10(19-16-13)8-15-12-6-4-3-5-11(12)14(17)18;3-2(4,5)1(6)7/h3-4,7,9,11-12,15H,5-6,8H2,1-2H3,(H,17,18);(H,6,7)/t11-,12+;/m0./s1. The van der Waals surface area contributed by atoms with Gasteiger partial charge in [0.05, 0.1) is 18.2 Å². The van der Waals surface area contributed by atoms with Gasteiger partial charge in [-0.2, -0.15) is 13.2 Å². The molecular weight excluding hydrogens is 357 g/mol. The lowest BCUT2D eigenvalue weighted by Gasteiger charge is -2.25. The highest BCUT2D eigenvalue weighted by atomic mass is 19.4. The highest BCUT2D eigenvalue weighted by molar-refractivity contribution is 5.73. The van der Waals surface area contributed by atoms with E-state index in [0.717, 1.165) is 17.9 Å². The Bertz CT molecular complexity index is 640. The average Bonchev–Trinajstić information content (AvgIpc) is 3.02. The Labute approximate surface area is 147 Å². The van der Waals surface area contributed by atoms with Gasteiger partial charge in [0, 0.05) is 12.1 Å². The van der Waals surface area contributed by atoms with E-state index in [1.165, 1.54) is 0 Å². The van der Waals surface area contributed by atoms with Crippen LogP contribution in [0.25, 0.3) is 0 Å². The van der Waals surface area contributed by atoms with Crippen LogP contribution in [0.3, 0.4) is 0 Å². The van der Waals surface area contributed by atoms with Crippen molar-refractivity contribution in [2.75, 3.05) is 0 Å². The van der Waals surface area contributed by atoms with E-state index in [0.29, 0.717) is 18.9 Å². The first-order valence-corrected chi connectivity index (χ1v) is 7.89. The summed E-state index contributed by atoms with van der Waals surface area (Å²) in [6.07, 6.45) is 0.197. The summed E-state index contributed by atoms with van der Waals surface area (Å²) in [5.74, 6) is -2.78. The van der Waals surface area contributed by atoms with Crippen molar-refractivity contribution in [3.63, 3.8) is 0 Å². The summed E-state index contributed by atoms with van der Waals surface area (Å²) in [7, 11) is 0. The quantitative estimate of drug-likeness (QED) is 0.675. The van der Waals surface area contributed by atoms with Crippen LogP contribution in [0.2, 0.25) is 0 Å². The molecule has 0 saturated carbocycles. The van der Waals surface area contributed by atoms with Gasteiger partial charge in [-0.05, 0) is 18.8 Å². The molecule has 0 amide bonds. The molecule has 10 heteroatoms. The van der Waals surface area contributed by atoms with Crippen molar-refractivity contribution in [3.05, 3.63) is 29.7 Å². The number of hydrogen-bond donors (Lipinski definition) is 3. The van der Waals surface area contributed by atoms with Crippen LogP contribution in [0.5, 0.6) is 0 Å². The minimum Gasteiger partial charge on any atom is -0.481 e. The number of aromatic nitrogens is 1. The fourth-order valence-corrected chi connectivity index (χ4v) is 2.23. The molecule has 1 aliphatic carbocycles. The fourth-order valence-electron chi connectivity index (χ4n) is 2.23. The number of carbonyl (C=O) groups is 2. The van der Waals surface area contributed by atoms with E-state index in [1.807, 2.05) is 18.2 Å². The lowest BCUT2D eigenvalue weighted by molar-refractivity contribution is -0.192. The topological polar surface area (TPSA) is 113 Å². The zero-order chi connectivity index (χ0) is 19.9. The number of hydrogen-bond acceptors (Lipinski definition) is 5. The van der Waals surface area contributed by atoms with E-state index < -0.39 is 18.1 Å². The summed E-state index contributed by atoms with van der Waals surface area (Å²) in [5, 5.41) is 23.5. The van der Waals surface area contributed by atoms with Crippen LogP contribution in [0.4, 0.5) is 13.2 Å². The fraction of sp³-hybridized carbons (Fsp3) is 0.562.